The van der Waals surface area contributed by atoms with E-state index < -0.39 is 0 Å². The zero-order valence-corrected chi connectivity index (χ0v) is 14.4. The third kappa shape index (κ3) is 3.37. The fourth-order valence-corrected chi connectivity index (χ4v) is 3.92. The first-order valence-corrected chi connectivity index (χ1v) is 9.18. The van der Waals surface area contributed by atoms with E-state index in [9.17, 15) is 4.79 Å². The minimum atomic E-state index is 0.0483. The molecule has 0 atom stereocenters. The van der Waals surface area contributed by atoms with E-state index in [-0.39, 0.29) is 5.43 Å². The molecule has 0 bridgehead atoms. The maximum atomic E-state index is 12.4. The SMILES string of the molecule is O=c1cc(-c2ccccc2SCc2ccccc2)[nH]c2ccccc12. The topological polar surface area (TPSA) is 32.9 Å². The van der Waals surface area contributed by atoms with Gasteiger partial charge in [-0.25, -0.2) is 0 Å². The van der Waals surface area contributed by atoms with Crippen LogP contribution in [0.2, 0.25) is 0 Å². The Balaban J connectivity index is 1.72. The van der Waals surface area contributed by atoms with Crippen LogP contribution < -0.4 is 5.43 Å². The molecule has 4 rings (SSSR count). The highest BCUT2D eigenvalue weighted by Gasteiger charge is 2.09. The monoisotopic (exact) mass is 343 g/mol. The molecule has 122 valence electrons. The number of hydrogen-bond acceptors (Lipinski definition) is 2. The maximum Gasteiger partial charge on any atom is 0.190 e. The van der Waals surface area contributed by atoms with Crippen molar-refractivity contribution >= 4 is 22.7 Å². The Hall–Kier alpha value is -2.78. The number of benzene rings is 3. The van der Waals surface area contributed by atoms with Gasteiger partial charge in [0.05, 0.1) is 5.69 Å². The number of pyridine rings is 1. The number of fused-ring (bicyclic) bond motifs is 1. The summed E-state index contributed by atoms with van der Waals surface area (Å²) in [7, 11) is 0. The second-order valence-electron chi connectivity index (χ2n) is 5.86. The second-order valence-corrected chi connectivity index (χ2v) is 6.88. The van der Waals surface area contributed by atoms with Gasteiger partial charge in [0.15, 0.2) is 5.43 Å². The fraction of sp³-hybridized carbons (Fsp3) is 0.0455. The molecule has 4 aromatic rings. The standard InChI is InChI=1S/C22H17NOS/c24-21-14-20(23-19-12-6-4-10-17(19)21)18-11-5-7-13-22(18)25-15-16-8-2-1-3-9-16/h1-14H,15H2,(H,23,24). The summed E-state index contributed by atoms with van der Waals surface area (Å²) in [5.41, 5.74) is 4.13. The Kier molecular flexibility index (Phi) is 4.40. The van der Waals surface area contributed by atoms with Gasteiger partial charge < -0.3 is 4.98 Å². The molecule has 1 aromatic heterocycles. The number of rotatable bonds is 4. The van der Waals surface area contributed by atoms with Crippen molar-refractivity contribution in [1.29, 1.82) is 0 Å². The predicted octanol–water partition coefficient (Wildman–Crippen LogP) is 5.49. The molecular weight excluding hydrogens is 326 g/mol. The highest BCUT2D eigenvalue weighted by molar-refractivity contribution is 7.98. The van der Waals surface area contributed by atoms with E-state index in [0.717, 1.165) is 32.8 Å². The van der Waals surface area contributed by atoms with Gasteiger partial charge in [-0.3, -0.25) is 4.79 Å². The van der Waals surface area contributed by atoms with Crippen LogP contribution in [0.4, 0.5) is 0 Å². The average molecular weight is 343 g/mol. The Morgan fingerprint density at radius 2 is 1.52 bits per heavy atom. The van der Waals surface area contributed by atoms with Crippen molar-refractivity contribution in [2.45, 2.75) is 10.6 Å². The molecule has 0 aliphatic carbocycles. The van der Waals surface area contributed by atoms with E-state index in [0.29, 0.717) is 0 Å². The molecule has 0 aliphatic rings. The lowest BCUT2D eigenvalue weighted by Crippen LogP contribution is -2.03. The van der Waals surface area contributed by atoms with Crippen LogP contribution in [-0.2, 0) is 5.75 Å². The van der Waals surface area contributed by atoms with Gasteiger partial charge >= 0.3 is 0 Å². The summed E-state index contributed by atoms with van der Waals surface area (Å²) in [6.45, 7) is 0. The zero-order valence-electron chi connectivity index (χ0n) is 13.6. The van der Waals surface area contributed by atoms with Crippen molar-refractivity contribution in [3.05, 3.63) is 101 Å². The first kappa shape index (κ1) is 15.7. The third-order valence-electron chi connectivity index (χ3n) is 4.15. The molecule has 1 N–H and O–H groups in total. The summed E-state index contributed by atoms with van der Waals surface area (Å²) >= 11 is 1.78. The lowest BCUT2D eigenvalue weighted by molar-refractivity contribution is 1.32. The Labute approximate surface area is 150 Å². The van der Waals surface area contributed by atoms with Gasteiger partial charge in [0.1, 0.15) is 0 Å². The summed E-state index contributed by atoms with van der Waals surface area (Å²) in [4.78, 5) is 17.0. The van der Waals surface area contributed by atoms with Crippen LogP contribution in [0, 0.1) is 0 Å². The molecule has 0 aliphatic heterocycles. The van der Waals surface area contributed by atoms with Crippen molar-refractivity contribution < 1.29 is 0 Å². The molecule has 3 aromatic carbocycles. The summed E-state index contributed by atoms with van der Waals surface area (Å²) in [6.07, 6.45) is 0. The highest BCUT2D eigenvalue weighted by Crippen LogP contribution is 2.32. The molecule has 0 saturated carbocycles. The molecule has 0 saturated heterocycles. The van der Waals surface area contributed by atoms with Crippen molar-refractivity contribution in [2.24, 2.45) is 0 Å². The van der Waals surface area contributed by atoms with Crippen LogP contribution in [0.15, 0.2) is 94.6 Å². The number of para-hydroxylation sites is 1. The highest BCUT2D eigenvalue weighted by atomic mass is 32.2. The summed E-state index contributed by atoms with van der Waals surface area (Å²) < 4.78 is 0. The van der Waals surface area contributed by atoms with Gasteiger partial charge in [0.2, 0.25) is 0 Å². The van der Waals surface area contributed by atoms with Crippen LogP contribution in [0.5, 0.6) is 0 Å². The Bertz CT molecular complexity index is 1070. The van der Waals surface area contributed by atoms with Gasteiger partial charge in [-0.2, -0.15) is 0 Å². The van der Waals surface area contributed by atoms with Crippen molar-refractivity contribution in [3.8, 4) is 11.3 Å². The molecular formula is C22H17NOS. The Morgan fingerprint density at radius 3 is 2.40 bits per heavy atom. The van der Waals surface area contributed by atoms with Crippen LogP contribution in [0.3, 0.4) is 0 Å². The molecule has 0 radical (unpaired) electrons. The van der Waals surface area contributed by atoms with Crippen LogP contribution in [0.1, 0.15) is 5.56 Å². The molecule has 3 heteroatoms. The van der Waals surface area contributed by atoms with Gasteiger partial charge in [0, 0.05) is 33.2 Å². The van der Waals surface area contributed by atoms with E-state index in [1.54, 1.807) is 17.8 Å². The quantitative estimate of drug-likeness (QED) is 0.497. The maximum absolute atomic E-state index is 12.4. The summed E-state index contributed by atoms with van der Waals surface area (Å²) in [5, 5.41) is 0.723. The smallest absolute Gasteiger partial charge is 0.190 e. The molecule has 0 spiro atoms. The number of aromatic nitrogens is 1. The van der Waals surface area contributed by atoms with E-state index in [1.807, 2.05) is 42.5 Å². The number of hydrogen-bond donors (Lipinski definition) is 1. The first-order chi connectivity index (χ1) is 12.3. The normalized spacial score (nSPS) is 10.9. The predicted molar refractivity (Wildman–Crippen MR) is 106 cm³/mol. The molecule has 25 heavy (non-hydrogen) atoms. The van der Waals surface area contributed by atoms with Crippen LogP contribution >= 0.6 is 11.8 Å². The number of aromatic amines is 1. The van der Waals surface area contributed by atoms with Crippen molar-refractivity contribution in [3.63, 3.8) is 0 Å². The minimum absolute atomic E-state index is 0.0483. The van der Waals surface area contributed by atoms with Gasteiger partial charge in [0.25, 0.3) is 0 Å². The van der Waals surface area contributed by atoms with Gasteiger partial charge in [-0.05, 0) is 23.8 Å². The fourth-order valence-electron chi connectivity index (χ4n) is 2.89. The second kappa shape index (κ2) is 6.99. The first-order valence-electron chi connectivity index (χ1n) is 8.19. The molecule has 0 unspecified atom stereocenters. The third-order valence-corrected chi connectivity index (χ3v) is 5.30. The largest absolute Gasteiger partial charge is 0.354 e. The van der Waals surface area contributed by atoms with E-state index in [1.165, 1.54) is 5.56 Å². The number of H-pyrrole nitrogens is 1. The minimum Gasteiger partial charge on any atom is -0.354 e. The molecule has 0 fully saturated rings. The van der Waals surface area contributed by atoms with Crippen LogP contribution in [0.25, 0.3) is 22.2 Å². The van der Waals surface area contributed by atoms with Gasteiger partial charge in [-0.15, -0.1) is 11.8 Å². The van der Waals surface area contributed by atoms with Crippen LogP contribution in [-0.4, -0.2) is 4.98 Å². The van der Waals surface area contributed by atoms with E-state index in [4.69, 9.17) is 0 Å². The summed E-state index contributed by atoms with van der Waals surface area (Å²) in [5.74, 6) is 0.898. The lowest BCUT2D eigenvalue weighted by Gasteiger charge is -2.10. The van der Waals surface area contributed by atoms with Crippen molar-refractivity contribution in [1.82, 2.24) is 4.98 Å². The zero-order chi connectivity index (χ0) is 17.1. The number of thioether (sulfide) groups is 1. The summed E-state index contributed by atoms with van der Waals surface area (Å²) in [6, 6.07) is 28.0. The van der Waals surface area contributed by atoms with Crippen molar-refractivity contribution in [2.75, 3.05) is 0 Å². The van der Waals surface area contributed by atoms with E-state index >= 15 is 0 Å². The number of nitrogens with one attached hydrogen (secondary N) is 1. The lowest BCUT2D eigenvalue weighted by atomic mass is 10.1. The average Bonchev–Trinajstić information content (AvgIpc) is 2.67. The molecule has 1 heterocycles. The molecule has 0 amide bonds. The molecule has 2 nitrogen and oxygen atoms in total. The van der Waals surface area contributed by atoms with Gasteiger partial charge in [-0.1, -0.05) is 60.7 Å². The Morgan fingerprint density at radius 1 is 0.800 bits per heavy atom. The van der Waals surface area contributed by atoms with E-state index in [2.05, 4.69) is 41.4 Å².